The summed E-state index contributed by atoms with van der Waals surface area (Å²) in [7, 11) is 0.958. The molecule has 19 heteroatoms. The number of aliphatic hydroxyl groups is 1. The molecule has 5 rings (SSSR count). The maximum Gasteiger partial charge on any atom is 0.411 e. The molecule has 2 aromatic heterocycles. The smallest absolute Gasteiger partial charge is 0.411 e. The Labute approximate surface area is 371 Å². The van der Waals surface area contributed by atoms with Crippen molar-refractivity contribution in [2.24, 2.45) is 23.7 Å². The Morgan fingerprint density at radius 1 is 1.03 bits per heavy atom. The molecule has 0 aromatic carbocycles. The van der Waals surface area contributed by atoms with E-state index in [-0.39, 0.29) is 37.3 Å². The molecule has 0 saturated carbocycles. The number of rotatable bonds is 14. The lowest BCUT2D eigenvalue weighted by Gasteiger charge is -2.47. The van der Waals surface area contributed by atoms with Gasteiger partial charge >= 0.3 is 12.1 Å². The van der Waals surface area contributed by atoms with Crippen LogP contribution in [0.5, 0.6) is 0 Å². The zero-order chi connectivity index (χ0) is 46.6. The minimum absolute atomic E-state index is 0.000766. The Kier molecular flexibility index (Phi) is 16.4. The largest absolute Gasteiger partial charge is 0.457 e. The molecule has 0 aliphatic carbocycles. The number of pyridine rings is 1. The van der Waals surface area contributed by atoms with Crippen molar-refractivity contribution in [1.29, 1.82) is 0 Å². The van der Waals surface area contributed by atoms with Gasteiger partial charge in [-0.15, -0.1) is 0 Å². The number of cyclic esters (lactones) is 1. The molecular formula is C44H67N5O13S. The number of carbonyl (C=O) groups excluding carboxylic acids is 4. The third-order valence-corrected chi connectivity index (χ3v) is 13.7. The van der Waals surface area contributed by atoms with Crippen molar-refractivity contribution in [2.45, 2.75) is 141 Å². The van der Waals surface area contributed by atoms with E-state index in [2.05, 4.69) is 9.97 Å². The maximum atomic E-state index is 14.9. The summed E-state index contributed by atoms with van der Waals surface area (Å²) in [5.41, 5.74) is -1.76. The molecule has 2 aromatic rings. The number of aryl methyl sites for hydroxylation is 1. The van der Waals surface area contributed by atoms with E-state index in [1.54, 1.807) is 53.3 Å². The molecule has 18 nitrogen and oxygen atoms in total. The number of fused-ring (bicyclic) bond motifs is 1. The van der Waals surface area contributed by atoms with Gasteiger partial charge in [0.25, 0.3) is 10.1 Å². The van der Waals surface area contributed by atoms with E-state index in [1.807, 2.05) is 48.8 Å². The Morgan fingerprint density at radius 2 is 1.73 bits per heavy atom. The Morgan fingerprint density at radius 3 is 2.35 bits per heavy atom. The lowest BCUT2D eigenvalue weighted by molar-refractivity contribution is -0.295. The number of methoxy groups -OCH3 is 1. The van der Waals surface area contributed by atoms with Gasteiger partial charge in [-0.3, -0.25) is 23.6 Å². The highest BCUT2D eigenvalue weighted by atomic mass is 32.2. The molecule has 0 bridgehead atoms. The van der Waals surface area contributed by atoms with Gasteiger partial charge < -0.3 is 43.2 Å². The monoisotopic (exact) mass is 905 g/mol. The number of Topliss-reactive ketones (excluding diaryl/α,β-unsaturated/α-hetero) is 2. The standard InChI is InChI=1S/C44H67N5O13S/c1-12-34-44(24-58-63(11,55)56)38(49(42(54)62-44)19-14-13-18-48-23-32(46-25-48)31-16-15-17-45-22-31)28(4)35(50)26(2)21-43(7,57-10)39(29(5)36(51)30(6)40(53)60-34)61-41-37(52)33(47(8)9)20-27(3)59-41/h15-17,22-23,25-30,33-34,37-39,41,52H,12-14,18-21,24H2,1-11H3/t26-,27-,28+,29+,30-,33+,34-,37-,38-,39-,41?,43+,44-/m1/s1. The number of hydrogen-bond acceptors (Lipinski definition) is 16. The molecule has 3 saturated heterocycles. The van der Waals surface area contributed by atoms with Crippen LogP contribution in [-0.2, 0) is 58.9 Å². The summed E-state index contributed by atoms with van der Waals surface area (Å²) in [6, 6.07) is 2.22. The van der Waals surface area contributed by atoms with Gasteiger partial charge in [-0.1, -0.05) is 27.7 Å². The second-order valence-electron chi connectivity index (χ2n) is 18.1. The summed E-state index contributed by atoms with van der Waals surface area (Å²) in [6.45, 7) is 11.5. The highest BCUT2D eigenvalue weighted by Gasteiger charge is 2.63. The number of ether oxygens (including phenoxy) is 5. The average molecular weight is 906 g/mol. The third kappa shape index (κ3) is 11.2. The fourth-order valence-electron chi connectivity index (χ4n) is 9.62. The first kappa shape index (κ1) is 50.2. The van der Waals surface area contributed by atoms with Gasteiger partial charge in [0.2, 0.25) is 0 Å². The molecule has 63 heavy (non-hydrogen) atoms. The van der Waals surface area contributed by atoms with Crippen molar-refractivity contribution in [3.63, 3.8) is 0 Å². The number of aromatic nitrogens is 3. The molecule has 13 atom stereocenters. The molecule has 5 heterocycles. The van der Waals surface area contributed by atoms with E-state index >= 15 is 0 Å². The van der Waals surface area contributed by atoms with Crippen molar-refractivity contribution in [3.05, 3.63) is 37.1 Å². The molecule has 3 aliphatic rings. The summed E-state index contributed by atoms with van der Waals surface area (Å²) in [4.78, 5) is 69.7. The number of likely N-dealkylation sites (N-methyl/N-ethyl adjacent to an activating group) is 1. The lowest BCUT2D eigenvalue weighted by Crippen LogP contribution is -2.62. The van der Waals surface area contributed by atoms with Crippen molar-refractivity contribution < 1.29 is 60.6 Å². The maximum absolute atomic E-state index is 14.9. The van der Waals surface area contributed by atoms with E-state index in [1.165, 1.54) is 18.9 Å². The second kappa shape index (κ2) is 20.5. The first-order valence-corrected chi connectivity index (χ1v) is 23.6. The highest BCUT2D eigenvalue weighted by Crippen LogP contribution is 2.44. The Hall–Kier alpha value is -3.85. The molecular weight excluding hydrogens is 839 g/mol. The number of hydrogen-bond donors (Lipinski definition) is 1. The van der Waals surface area contributed by atoms with Gasteiger partial charge in [0.15, 0.2) is 17.7 Å². The topological polar surface area (TPSA) is 215 Å². The first-order chi connectivity index (χ1) is 29.6. The number of aliphatic hydroxyl groups excluding tert-OH is 1. The van der Waals surface area contributed by atoms with Crippen molar-refractivity contribution >= 4 is 33.7 Å². The fraction of sp³-hybridized carbons (Fsp3) is 0.727. The summed E-state index contributed by atoms with van der Waals surface area (Å²) in [5.74, 6) is -6.19. The van der Waals surface area contributed by atoms with Crippen LogP contribution in [-0.4, -0.2) is 156 Å². The third-order valence-electron chi connectivity index (χ3n) is 13.1. The van der Waals surface area contributed by atoms with Crippen molar-refractivity contribution in [1.82, 2.24) is 24.3 Å². The van der Waals surface area contributed by atoms with E-state index in [0.717, 1.165) is 17.5 Å². The van der Waals surface area contributed by atoms with Gasteiger partial charge in [-0.25, -0.2) is 9.78 Å². The molecule has 0 radical (unpaired) electrons. The average Bonchev–Trinajstić information content (AvgIpc) is 3.83. The van der Waals surface area contributed by atoms with Crippen molar-refractivity contribution in [3.8, 4) is 11.3 Å². The van der Waals surface area contributed by atoms with Crippen LogP contribution in [0.3, 0.4) is 0 Å². The normalized spacial score (nSPS) is 35.0. The minimum Gasteiger partial charge on any atom is -0.457 e. The number of unbranched alkanes of at least 4 members (excludes halogenated alkanes) is 1. The Balaban J connectivity index is 1.52. The minimum atomic E-state index is -4.16. The van der Waals surface area contributed by atoms with Crippen LogP contribution in [0.15, 0.2) is 37.1 Å². The van der Waals surface area contributed by atoms with Gasteiger partial charge in [-0.05, 0) is 79.1 Å². The van der Waals surface area contributed by atoms with Gasteiger partial charge in [0.05, 0.1) is 42.1 Å². The van der Waals surface area contributed by atoms with Crippen LogP contribution in [0.25, 0.3) is 11.3 Å². The number of nitrogens with zero attached hydrogens (tertiary/aromatic N) is 5. The second-order valence-corrected chi connectivity index (χ2v) is 19.7. The zero-order valence-electron chi connectivity index (χ0n) is 38.5. The first-order valence-electron chi connectivity index (χ1n) is 21.8. The molecule has 1 N–H and O–H groups in total. The SMILES string of the molecule is CC[C@H]1OC(=O)[C@H](C)C(=O)[C@H](C)[C@@H](OC2O[C@H](C)C[C@H](N(C)C)[C@H]2O)[C@@](C)(OC)C[C@@H](C)C(=O)[C@H](C)[C@H]2N(CCCCn3cnc(-c4cccnc4)c3)C(=O)O[C@]12COS(C)(=O)=O. The number of esters is 1. The highest BCUT2D eigenvalue weighted by molar-refractivity contribution is 7.86. The summed E-state index contributed by atoms with van der Waals surface area (Å²) in [5, 5.41) is 11.5. The Bertz CT molecular complexity index is 2020. The summed E-state index contributed by atoms with van der Waals surface area (Å²) >= 11 is 0. The number of ketones is 2. The molecule has 1 unspecified atom stereocenters. The zero-order valence-corrected chi connectivity index (χ0v) is 39.3. The molecule has 1 amide bonds. The van der Waals surface area contributed by atoms with Gasteiger partial charge in [-0.2, -0.15) is 8.42 Å². The lowest BCUT2D eigenvalue weighted by atomic mass is 9.73. The van der Waals surface area contributed by atoms with E-state index in [0.29, 0.717) is 25.8 Å². The van der Waals surface area contributed by atoms with Crippen LogP contribution >= 0.6 is 0 Å². The van der Waals surface area contributed by atoms with Crippen LogP contribution < -0.4 is 0 Å². The van der Waals surface area contributed by atoms with E-state index < -0.39 is 100 Å². The van der Waals surface area contributed by atoms with E-state index in [4.69, 9.17) is 27.9 Å². The number of carbonyl (C=O) groups is 4. The molecule has 3 fully saturated rings. The molecule has 0 spiro atoms. The molecule has 352 valence electrons. The quantitative estimate of drug-likeness (QED) is 0.123. The van der Waals surface area contributed by atoms with Gasteiger partial charge in [0.1, 0.15) is 30.5 Å². The van der Waals surface area contributed by atoms with Crippen LogP contribution in [0.2, 0.25) is 0 Å². The van der Waals surface area contributed by atoms with Crippen LogP contribution in [0.4, 0.5) is 4.79 Å². The van der Waals surface area contributed by atoms with Crippen LogP contribution in [0, 0.1) is 23.7 Å². The van der Waals surface area contributed by atoms with Gasteiger partial charge in [0, 0.05) is 68.1 Å². The number of amides is 1. The van der Waals surface area contributed by atoms with Crippen LogP contribution in [0.1, 0.15) is 80.6 Å². The summed E-state index contributed by atoms with van der Waals surface area (Å²) in [6.07, 6.45) is 3.46. The fourth-order valence-corrected chi connectivity index (χ4v) is 10.0. The van der Waals surface area contributed by atoms with E-state index in [9.17, 15) is 32.7 Å². The predicted molar refractivity (Wildman–Crippen MR) is 229 cm³/mol. The molecule has 3 aliphatic heterocycles. The number of imidazole rings is 1. The van der Waals surface area contributed by atoms with Crippen molar-refractivity contribution in [2.75, 3.05) is 40.6 Å². The summed E-state index contributed by atoms with van der Waals surface area (Å²) < 4.78 is 63.7. The predicted octanol–water partition coefficient (Wildman–Crippen LogP) is 3.89.